The maximum atomic E-state index is 10.6. The van der Waals surface area contributed by atoms with Crippen molar-refractivity contribution in [3.05, 3.63) is 53.7 Å². The van der Waals surface area contributed by atoms with Gasteiger partial charge in [0.1, 0.15) is 11.1 Å². The Hall–Kier alpha value is -2.32. The average molecular weight is 270 g/mol. The smallest absolute Gasteiger partial charge is 0.307 e. The Bertz CT molecular complexity index is 615. The first kappa shape index (κ1) is 13.1. The first-order chi connectivity index (χ1) is 9.17. The van der Waals surface area contributed by atoms with E-state index in [1.54, 1.807) is 24.3 Å². The largest absolute Gasteiger partial charge is 0.481 e. The monoisotopic (exact) mass is 270 g/mol. The molecule has 0 unspecified atom stereocenters. The molecule has 0 aliphatic carbocycles. The summed E-state index contributed by atoms with van der Waals surface area (Å²) >= 11 is 1.47. The van der Waals surface area contributed by atoms with Gasteiger partial charge in [-0.15, -0.1) is 0 Å². The molecule has 2 rings (SSSR count). The number of hydrogen-bond acceptors (Lipinski definition) is 4. The van der Waals surface area contributed by atoms with Crippen molar-refractivity contribution >= 4 is 17.7 Å². The van der Waals surface area contributed by atoms with Crippen LogP contribution in [0.3, 0.4) is 0 Å². The number of carbonyl (C=O) groups is 1. The van der Waals surface area contributed by atoms with Crippen LogP contribution >= 0.6 is 11.8 Å². The first-order valence-electron chi connectivity index (χ1n) is 5.52. The summed E-state index contributed by atoms with van der Waals surface area (Å²) in [6.07, 6.45) is 1.56. The number of pyridine rings is 1. The second kappa shape index (κ2) is 6.03. The summed E-state index contributed by atoms with van der Waals surface area (Å²) in [6, 6.07) is 12.8. The second-order valence-corrected chi connectivity index (χ2v) is 4.91. The zero-order valence-electron chi connectivity index (χ0n) is 9.91. The molecule has 0 spiro atoms. The van der Waals surface area contributed by atoms with Gasteiger partial charge in [0.2, 0.25) is 0 Å². The van der Waals surface area contributed by atoms with Crippen LogP contribution in [0.15, 0.2) is 52.5 Å². The Morgan fingerprint density at radius 3 is 2.53 bits per heavy atom. The molecule has 0 aliphatic heterocycles. The lowest BCUT2D eigenvalue weighted by molar-refractivity contribution is -0.136. The van der Waals surface area contributed by atoms with Gasteiger partial charge in [0.25, 0.3) is 0 Å². The van der Waals surface area contributed by atoms with Crippen LogP contribution in [0.1, 0.15) is 11.1 Å². The number of carboxylic acid groups (broad SMARTS) is 1. The normalized spacial score (nSPS) is 9.84. The van der Waals surface area contributed by atoms with Gasteiger partial charge in [-0.1, -0.05) is 23.9 Å². The van der Waals surface area contributed by atoms with Crippen LogP contribution in [-0.4, -0.2) is 16.1 Å². The zero-order valence-corrected chi connectivity index (χ0v) is 10.7. The van der Waals surface area contributed by atoms with Crippen LogP contribution in [0.2, 0.25) is 0 Å². The quantitative estimate of drug-likeness (QED) is 0.924. The molecule has 1 N–H and O–H groups in total. The predicted octanol–water partition coefficient (Wildman–Crippen LogP) is 2.73. The van der Waals surface area contributed by atoms with E-state index in [2.05, 4.69) is 4.98 Å². The van der Waals surface area contributed by atoms with Crippen molar-refractivity contribution < 1.29 is 9.90 Å². The Kier molecular flexibility index (Phi) is 4.16. The fourth-order valence-corrected chi connectivity index (χ4v) is 2.23. The first-order valence-corrected chi connectivity index (χ1v) is 6.34. The van der Waals surface area contributed by atoms with E-state index in [1.165, 1.54) is 18.0 Å². The molecule has 0 amide bonds. The minimum Gasteiger partial charge on any atom is -0.481 e. The Morgan fingerprint density at radius 1 is 1.26 bits per heavy atom. The molecule has 1 aromatic carbocycles. The maximum Gasteiger partial charge on any atom is 0.307 e. The molecule has 5 heteroatoms. The molecular weight excluding hydrogens is 260 g/mol. The van der Waals surface area contributed by atoms with E-state index >= 15 is 0 Å². The number of hydrogen-bond donors (Lipinski definition) is 1. The molecule has 1 heterocycles. The molecule has 0 radical (unpaired) electrons. The summed E-state index contributed by atoms with van der Waals surface area (Å²) in [5, 5.41) is 18.2. The summed E-state index contributed by atoms with van der Waals surface area (Å²) in [7, 11) is 0. The molecule has 1 aromatic heterocycles. The SMILES string of the molecule is N#Cc1ccc(Sc2ccc(CC(=O)O)cc2)nc1. The molecular formula is C14H10N2O2S. The van der Waals surface area contributed by atoms with Crippen molar-refractivity contribution in [3.8, 4) is 6.07 Å². The van der Waals surface area contributed by atoms with Gasteiger partial charge in [-0.05, 0) is 29.8 Å². The number of aromatic nitrogens is 1. The minimum atomic E-state index is -0.839. The lowest BCUT2D eigenvalue weighted by Gasteiger charge is -2.02. The van der Waals surface area contributed by atoms with Crippen LogP contribution < -0.4 is 0 Å². The van der Waals surface area contributed by atoms with Crippen molar-refractivity contribution in [2.24, 2.45) is 0 Å². The molecule has 0 fully saturated rings. The highest BCUT2D eigenvalue weighted by molar-refractivity contribution is 7.99. The average Bonchev–Trinajstić information content (AvgIpc) is 2.41. The Balaban J connectivity index is 2.06. The molecule has 0 bridgehead atoms. The van der Waals surface area contributed by atoms with Gasteiger partial charge in [0.15, 0.2) is 0 Å². The van der Waals surface area contributed by atoms with E-state index in [9.17, 15) is 4.79 Å². The fraction of sp³-hybridized carbons (Fsp3) is 0.0714. The van der Waals surface area contributed by atoms with E-state index in [-0.39, 0.29) is 6.42 Å². The zero-order chi connectivity index (χ0) is 13.7. The topological polar surface area (TPSA) is 74.0 Å². The fourth-order valence-electron chi connectivity index (χ4n) is 1.48. The summed E-state index contributed by atoms with van der Waals surface area (Å²) in [5.41, 5.74) is 1.30. The minimum absolute atomic E-state index is 0.0278. The Labute approximate surface area is 114 Å². The summed E-state index contributed by atoms with van der Waals surface area (Å²) in [4.78, 5) is 15.7. The summed E-state index contributed by atoms with van der Waals surface area (Å²) in [5.74, 6) is -0.839. The molecule has 94 valence electrons. The van der Waals surface area contributed by atoms with E-state index in [4.69, 9.17) is 10.4 Å². The highest BCUT2D eigenvalue weighted by Gasteiger charge is 2.02. The summed E-state index contributed by atoms with van der Waals surface area (Å²) < 4.78 is 0. The van der Waals surface area contributed by atoms with Crippen molar-refractivity contribution in [1.29, 1.82) is 5.26 Å². The highest BCUT2D eigenvalue weighted by Crippen LogP contribution is 2.26. The number of carboxylic acids is 1. The molecule has 0 atom stereocenters. The van der Waals surface area contributed by atoms with Crippen LogP contribution in [0.5, 0.6) is 0 Å². The van der Waals surface area contributed by atoms with Crippen molar-refractivity contribution in [1.82, 2.24) is 4.98 Å². The van der Waals surface area contributed by atoms with Gasteiger partial charge in [-0.2, -0.15) is 5.26 Å². The van der Waals surface area contributed by atoms with Gasteiger partial charge in [-0.3, -0.25) is 4.79 Å². The molecule has 0 saturated carbocycles. The van der Waals surface area contributed by atoms with Gasteiger partial charge in [0, 0.05) is 11.1 Å². The third-order valence-electron chi connectivity index (χ3n) is 2.37. The second-order valence-electron chi connectivity index (χ2n) is 3.81. The number of nitrogens with zero attached hydrogens (tertiary/aromatic N) is 2. The molecule has 0 saturated heterocycles. The molecule has 4 nitrogen and oxygen atoms in total. The number of aliphatic carboxylic acids is 1. The standard InChI is InChI=1S/C14H10N2O2S/c15-8-11-3-6-13(16-9-11)19-12-4-1-10(2-5-12)7-14(17)18/h1-6,9H,7H2,(H,17,18). The van der Waals surface area contributed by atoms with Crippen molar-refractivity contribution in [2.75, 3.05) is 0 Å². The molecule has 19 heavy (non-hydrogen) atoms. The van der Waals surface area contributed by atoms with E-state index < -0.39 is 5.97 Å². The molecule has 2 aromatic rings. The lowest BCUT2D eigenvalue weighted by Crippen LogP contribution is -1.99. The predicted molar refractivity (Wildman–Crippen MR) is 70.9 cm³/mol. The van der Waals surface area contributed by atoms with Crippen LogP contribution in [0, 0.1) is 11.3 Å². The van der Waals surface area contributed by atoms with Crippen LogP contribution in [-0.2, 0) is 11.2 Å². The number of benzene rings is 1. The number of nitriles is 1. The van der Waals surface area contributed by atoms with E-state index in [0.29, 0.717) is 5.56 Å². The van der Waals surface area contributed by atoms with Crippen molar-refractivity contribution in [3.63, 3.8) is 0 Å². The van der Waals surface area contributed by atoms with Crippen molar-refractivity contribution in [2.45, 2.75) is 16.3 Å². The third-order valence-corrected chi connectivity index (χ3v) is 3.33. The highest BCUT2D eigenvalue weighted by atomic mass is 32.2. The van der Waals surface area contributed by atoms with E-state index in [1.807, 2.05) is 18.2 Å². The molecule has 0 aliphatic rings. The van der Waals surface area contributed by atoms with E-state index in [0.717, 1.165) is 15.5 Å². The summed E-state index contributed by atoms with van der Waals surface area (Å²) in [6.45, 7) is 0. The number of rotatable bonds is 4. The van der Waals surface area contributed by atoms with Gasteiger partial charge < -0.3 is 5.11 Å². The maximum absolute atomic E-state index is 10.6. The third kappa shape index (κ3) is 3.83. The van der Waals surface area contributed by atoms with Gasteiger partial charge in [-0.25, -0.2) is 4.98 Å². The lowest BCUT2D eigenvalue weighted by atomic mass is 10.2. The van der Waals surface area contributed by atoms with Gasteiger partial charge in [0.05, 0.1) is 12.0 Å². The van der Waals surface area contributed by atoms with Crippen LogP contribution in [0.25, 0.3) is 0 Å². The van der Waals surface area contributed by atoms with Crippen LogP contribution in [0.4, 0.5) is 0 Å². The van der Waals surface area contributed by atoms with Gasteiger partial charge >= 0.3 is 5.97 Å². The Morgan fingerprint density at radius 2 is 2.00 bits per heavy atom.